The Hall–Kier alpha value is -1.39. The highest BCUT2D eigenvalue weighted by atomic mass is 35.5. The van der Waals surface area contributed by atoms with Gasteiger partial charge < -0.3 is 5.32 Å². The Morgan fingerprint density at radius 2 is 2.05 bits per heavy atom. The van der Waals surface area contributed by atoms with Crippen LogP contribution >= 0.6 is 11.6 Å². The quantitative estimate of drug-likeness (QED) is 0.881. The van der Waals surface area contributed by atoms with E-state index in [9.17, 15) is 4.79 Å². The molecule has 2 aromatic rings. The van der Waals surface area contributed by atoms with Gasteiger partial charge in [-0.2, -0.15) is 0 Å². The van der Waals surface area contributed by atoms with Crippen molar-refractivity contribution in [3.63, 3.8) is 0 Å². The number of fused-ring (bicyclic) bond motifs is 1. The number of nitrogens with zero attached hydrogens (tertiary/aromatic N) is 2. The summed E-state index contributed by atoms with van der Waals surface area (Å²) in [5.74, 6) is 1.34. The van der Waals surface area contributed by atoms with Crippen LogP contribution in [0, 0.1) is 5.92 Å². The molecule has 0 saturated carbocycles. The second kappa shape index (κ2) is 7.25. The fraction of sp³-hybridized carbons (Fsp3) is 0.529. The van der Waals surface area contributed by atoms with E-state index >= 15 is 0 Å². The minimum absolute atomic E-state index is 0.00367. The van der Waals surface area contributed by atoms with Crippen LogP contribution < -0.4 is 10.9 Å². The molecule has 0 aliphatic carbocycles. The van der Waals surface area contributed by atoms with E-state index in [1.807, 2.05) is 6.92 Å². The van der Waals surface area contributed by atoms with E-state index in [2.05, 4.69) is 26.1 Å². The number of rotatable bonds is 6. The topological polar surface area (TPSA) is 46.9 Å². The first kappa shape index (κ1) is 17.0. The minimum Gasteiger partial charge on any atom is -0.307 e. The van der Waals surface area contributed by atoms with Crippen molar-refractivity contribution in [2.24, 2.45) is 5.92 Å². The first-order valence-electron chi connectivity index (χ1n) is 7.91. The molecule has 0 radical (unpaired) electrons. The summed E-state index contributed by atoms with van der Waals surface area (Å²) in [5.41, 5.74) is 0.672. The summed E-state index contributed by atoms with van der Waals surface area (Å²) in [5, 5.41) is 4.73. The summed E-state index contributed by atoms with van der Waals surface area (Å²) < 4.78 is 1.76. The number of hydrogen-bond donors (Lipinski definition) is 1. The van der Waals surface area contributed by atoms with Gasteiger partial charge in [0.15, 0.2) is 0 Å². The first-order valence-corrected chi connectivity index (χ1v) is 8.29. The third-order valence-corrected chi connectivity index (χ3v) is 3.99. The molecule has 0 aliphatic rings. The van der Waals surface area contributed by atoms with E-state index in [1.165, 1.54) is 0 Å². The molecule has 0 spiro atoms. The van der Waals surface area contributed by atoms with Gasteiger partial charge >= 0.3 is 0 Å². The summed E-state index contributed by atoms with van der Waals surface area (Å²) in [6.07, 6.45) is 0.880. The molecule has 0 saturated heterocycles. The highest BCUT2D eigenvalue weighted by Gasteiger charge is 2.18. The monoisotopic (exact) mass is 321 g/mol. The van der Waals surface area contributed by atoms with Crippen molar-refractivity contribution in [3.8, 4) is 0 Å². The van der Waals surface area contributed by atoms with Crippen LogP contribution in [-0.4, -0.2) is 16.1 Å². The standard InChI is InChI=1S/C17H24ClN3O/c1-5-14(19-10-11(3)4)16-20-15-9-12(18)7-8-13(15)17(22)21(16)6-2/h7-9,11,14,19H,5-6,10H2,1-4H3/t14-/m1/s1. The Kier molecular flexibility index (Phi) is 5.59. The van der Waals surface area contributed by atoms with Gasteiger partial charge in [0, 0.05) is 11.6 Å². The van der Waals surface area contributed by atoms with Crippen molar-refractivity contribution in [1.29, 1.82) is 0 Å². The zero-order valence-corrected chi connectivity index (χ0v) is 14.4. The van der Waals surface area contributed by atoms with E-state index in [-0.39, 0.29) is 11.6 Å². The number of aromatic nitrogens is 2. The zero-order valence-electron chi connectivity index (χ0n) is 13.7. The second-order valence-corrected chi connectivity index (χ2v) is 6.38. The van der Waals surface area contributed by atoms with Gasteiger partial charge in [0.25, 0.3) is 5.56 Å². The van der Waals surface area contributed by atoms with Gasteiger partial charge in [0.2, 0.25) is 0 Å². The maximum Gasteiger partial charge on any atom is 0.261 e. The molecule has 1 N–H and O–H groups in total. The van der Waals surface area contributed by atoms with Crippen LogP contribution in [0.1, 0.15) is 46.0 Å². The highest BCUT2D eigenvalue weighted by Crippen LogP contribution is 2.19. The van der Waals surface area contributed by atoms with Crippen molar-refractivity contribution in [2.75, 3.05) is 6.54 Å². The van der Waals surface area contributed by atoms with E-state index in [0.29, 0.717) is 28.4 Å². The molecule has 1 aromatic carbocycles. The average molecular weight is 322 g/mol. The lowest BCUT2D eigenvalue weighted by Crippen LogP contribution is -2.33. The van der Waals surface area contributed by atoms with Crippen LogP contribution in [0.25, 0.3) is 10.9 Å². The smallest absolute Gasteiger partial charge is 0.261 e. The predicted molar refractivity (Wildman–Crippen MR) is 92.6 cm³/mol. The molecule has 1 atom stereocenters. The molecule has 4 nitrogen and oxygen atoms in total. The number of halogens is 1. The van der Waals surface area contributed by atoms with Crippen molar-refractivity contribution < 1.29 is 0 Å². The van der Waals surface area contributed by atoms with Crippen molar-refractivity contribution in [1.82, 2.24) is 14.9 Å². The molecular weight excluding hydrogens is 298 g/mol. The van der Waals surface area contributed by atoms with E-state index in [4.69, 9.17) is 16.6 Å². The summed E-state index contributed by atoms with van der Waals surface area (Å²) in [7, 11) is 0. The molecular formula is C17H24ClN3O. The lowest BCUT2D eigenvalue weighted by molar-refractivity contribution is 0.430. The molecule has 22 heavy (non-hydrogen) atoms. The van der Waals surface area contributed by atoms with Gasteiger partial charge in [-0.1, -0.05) is 32.4 Å². The van der Waals surface area contributed by atoms with Crippen LogP contribution in [0.15, 0.2) is 23.0 Å². The Labute approximate surface area is 136 Å². The SMILES string of the molecule is CC[C@@H](NCC(C)C)c1nc2cc(Cl)ccc2c(=O)n1CC. The molecule has 0 amide bonds. The Morgan fingerprint density at radius 3 is 2.64 bits per heavy atom. The highest BCUT2D eigenvalue weighted by molar-refractivity contribution is 6.31. The number of benzene rings is 1. The molecule has 1 aromatic heterocycles. The normalized spacial score (nSPS) is 13.0. The van der Waals surface area contributed by atoms with Crippen LogP contribution in [0.3, 0.4) is 0 Å². The predicted octanol–water partition coefficient (Wildman–Crippen LogP) is 3.77. The van der Waals surface area contributed by atoms with E-state index < -0.39 is 0 Å². The fourth-order valence-electron chi connectivity index (χ4n) is 2.58. The minimum atomic E-state index is 0.00367. The summed E-state index contributed by atoms with van der Waals surface area (Å²) in [6.45, 7) is 9.92. The van der Waals surface area contributed by atoms with Gasteiger partial charge in [-0.25, -0.2) is 4.98 Å². The third kappa shape index (κ3) is 3.50. The summed E-state index contributed by atoms with van der Waals surface area (Å²) >= 11 is 6.05. The van der Waals surface area contributed by atoms with Crippen LogP contribution in [0.4, 0.5) is 0 Å². The molecule has 1 heterocycles. The lowest BCUT2D eigenvalue weighted by Gasteiger charge is -2.22. The van der Waals surface area contributed by atoms with Crippen molar-refractivity contribution >= 4 is 22.5 Å². The van der Waals surface area contributed by atoms with Gasteiger partial charge in [-0.3, -0.25) is 9.36 Å². The largest absolute Gasteiger partial charge is 0.307 e. The van der Waals surface area contributed by atoms with Gasteiger partial charge in [-0.05, 0) is 44.0 Å². The maximum absolute atomic E-state index is 12.7. The van der Waals surface area contributed by atoms with Crippen LogP contribution in [0.2, 0.25) is 5.02 Å². The van der Waals surface area contributed by atoms with Gasteiger partial charge in [0.1, 0.15) is 5.82 Å². The molecule has 0 aliphatic heterocycles. The van der Waals surface area contributed by atoms with Crippen LogP contribution in [0.5, 0.6) is 0 Å². The zero-order chi connectivity index (χ0) is 16.3. The van der Waals surface area contributed by atoms with Crippen molar-refractivity contribution in [2.45, 2.75) is 46.7 Å². The van der Waals surface area contributed by atoms with Gasteiger partial charge in [-0.15, -0.1) is 0 Å². The van der Waals surface area contributed by atoms with E-state index in [1.54, 1.807) is 22.8 Å². The molecule has 120 valence electrons. The molecule has 5 heteroatoms. The van der Waals surface area contributed by atoms with Crippen LogP contribution in [-0.2, 0) is 6.54 Å². The summed E-state index contributed by atoms with van der Waals surface area (Å²) in [6, 6.07) is 5.32. The molecule has 0 bridgehead atoms. The fourth-order valence-corrected chi connectivity index (χ4v) is 2.75. The van der Waals surface area contributed by atoms with Crippen molar-refractivity contribution in [3.05, 3.63) is 39.4 Å². The maximum atomic E-state index is 12.7. The van der Waals surface area contributed by atoms with Gasteiger partial charge in [0.05, 0.1) is 16.9 Å². The average Bonchev–Trinajstić information content (AvgIpc) is 2.47. The molecule has 2 rings (SSSR count). The summed E-state index contributed by atoms with van der Waals surface area (Å²) in [4.78, 5) is 17.4. The lowest BCUT2D eigenvalue weighted by atomic mass is 10.1. The number of hydrogen-bond acceptors (Lipinski definition) is 3. The third-order valence-electron chi connectivity index (χ3n) is 3.76. The van der Waals surface area contributed by atoms with E-state index in [0.717, 1.165) is 18.8 Å². The molecule has 0 unspecified atom stereocenters. The first-order chi connectivity index (χ1) is 10.5. The second-order valence-electron chi connectivity index (χ2n) is 5.94. The Morgan fingerprint density at radius 1 is 1.32 bits per heavy atom. The number of nitrogens with one attached hydrogen (secondary N) is 1. The Bertz CT molecular complexity index is 709. The molecule has 0 fully saturated rings. The Balaban J connectivity index is 2.57.